The number of rotatable bonds is 2. The van der Waals surface area contributed by atoms with Gasteiger partial charge in [0.15, 0.2) is 0 Å². The lowest BCUT2D eigenvalue weighted by Gasteiger charge is -2.32. The van der Waals surface area contributed by atoms with Gasteiger partial charge in [0.05, 0.1) is 15.5 Å². The van der Waals surface area contributed by atoms with Crippen molar-refractivity contribution in [3.8, 4) is 0 Å². The van der Waals surface area contributed by atoms with Crippen LogP contribution < -0.4 is 5.32 Å². The van der Waals surface area contributed by atoms with Gasteiger partial charge in [0.1, 0.15) is 0 Å². The van der Waals surface area contributed by atoms with Crippen molar-refractivity contribution < 1.29 is 5.48 Å². The van der Waals surface area contributed by atoms with E-state index in [0.717, 1.165) is 18.4 Å². The predicted molar refractivity (Wildman–Crippen MR) is 85.8 cm³/mol. The smallest absolute Gasteiger partial charge is 0.0626 e. The van der Waals surface area contributed by atoms with E-state index in [0.29, 0.717) is 21.2 Å². The average molecular weight is 310 g/mol. The lowest BCUT2D eigenvalue weighted by Crippen LogP contribution is -2.24. The molecule has 0 heterocycles. The Morgan fingerprint density at radius 2 is 1.85 bits per heavy atom. The van der Waals surface area contributed by atoms with Crippen LogP contribution in [0.25, 0.3) is 0 Å². The monoisotopic (exact) mass is 309 g/mol. The molecule has 0 spiro atoms. The van der Waals surface area contributed by atoms with Crippen molar-refractivity contribution in [2.45, 2.75) is 24.8 Å². The molecule has 3 heteroatoms. The molecule has 1 aliphatic carbocycles. The van der Waals surface area contributed by atoms with E-state index in [-0.39, 0.29) is 36.1 Å². The molecule has 0 fully saturated rings. The van der Waals surface area contributed by atoms with Crippen LogP contribution >= 0.6 is 23.2 Å². The SMILES string of the molecule is [2H]c1c([2H])c([2H])c2c(c1[2H])[C@H](c1ccc(Cl)c(Cl)c1)CC[C@@H]2NC. The highest BCUT2D eigenvalue weighted by Gasteiger charge is 2.27. The van der Waals surface area contributed by atoms with E-state index < -0.39 is 0 Å². The summed E-state index contributed by atoms with van der Waals surface area (Å²) in [6, 6.07) is 5.00. The van der Waals surface area contributed by atoms with Gasteiger partial charge in [0.25, 0.3) is 0 Å². The van der Waals surface area contributed by atoms with Crippen LogP contribution in [0.1, 0.15) is 47.0 Å². The van der Waals surface area contributed by atoms with Gasteiger partial charge in [0, 0.05) is 12.0 Å². The Bertz CT molecular complexity index is 810. The molecule has 3 rings (SSSR count). The van der Waals surface area contributed by atoms with Crippen molar-refractivity contribution in [3.63, 3.8) is 0 Å². The number of hydrogen-bond acceptors (Lipinski definition) is 1. The van der Waals surface area contributed by atoms with Gasteiger partial charge in [0.2, 0.25) is 0 Å². The summed E-state index contributed by atoms with van der Waals surface area (Å²) < 4.78 is 32.6. The molecule has 0 radical (unpaired) electrons. The van der Waals surface area contributed by atoms with Crippen molar-refractivity contribution in [1.82, 2.24) is 5.32 Å². The molecule has 0 aromatic heterocycles. The van der Waals surface area contributed by atoms with Gasteiger partial charge in [-0.25, -0.2) is 0 Å². The van der Waals surface area contributed by atoms with E-state index in [1.165, 1.54) is 0 Å². The quantitative estimate of drug-likeness (QED) is 0.806. The highest BCUT2D eigenvalue weighted by atomic mass is 35.5. The maximum Gasteiger partial charge on any atom is 0.0626 e. The van der Waals surface area contributed by atoms with Crippen molar-refractivity contribution in [2.24, 2.45) is 0 Å². The lowest BCUT2D eigenvalue weighted by atomic mass is 9.77. The van der Waals surface area contributed by atoms with Gasteiger partial charge in [-0.3, -0.25) is 0 Å². The van der Waals surface area contributed by atoms with Gasteiger partial charge in [-0.15, -0.1) is 0 Å². The van der Waals surface area contributed by atoms with Gasteiger partial charge in [-0.1, -0.05) is 53.4 Å². The molecule has 0 aliphatic heterocycles. The maximum absolute atomic E-state index is 8.37. The minimum absolute atomic E-state index is 0.0297. The summed E-state index contributed by atoms with van der Waals surface area (Å²) in [6.07, 6.45) is 1.56. The number of halogens is 2. The molecule has 1 nitrogen and oxygen atoms in total. The van der Waals surface area contributed by atoms with Gasteiger partial charge in [-0.05, 0) is 48.7 Å². The Kier molecular flexibility index (Phi) is 2.84. The average Bonchev–Trinajstić information content (AvgIpc) is 2.59. The molecule has 0 saturated heterocycles. The van der Waals surface area contributed by atoms with Crippen LogP contribution in [0.5, 0.6) is 0 Å². The van der Waals surface area contributed by atoms with E-state index in [1.54, 1.807) is 12.1 Å². The van der Waals surface area contributed by atoms with E-state index in [4.69, 9.17) is 28.7 Å². The fourth-order valence-electron chi connectivity index (χ4n) is 2.85. The Labute approximate surface area is 135 Å². The molecule has 0 bridgehead atoms. The molecule has 0 saturated carbocycles. The fraction of sp³-hybridized carbons (Fsp3) is 0.294. The molecule has 1 aliphatic rings. The largest absolute Gasteiger partial charge is 0.313 e. The zero-order valence-corrected chi connectivity index (χ0v) is 12.6. The second kappa shape index (κ2) is 5.77. The molecule has 104 valence electrons. The molecule has 0 unspecified atom stereocenters. The first-order chi connectivity index (χ1) is 11.4. The van der Waals surface area contributed by atoms with E-state index in [2.05, 4.69) is 5.32 Å². The third-order valence-corrected chi connectivity index (χ3v) is 4.62. The molecule has 1 N–H and O–H groups in total. The second-order valence-corrected chi connectivity index (χ2v) is 5.79. The summed E-state index contributed by atoms with van der Waals surface area (Å²) in [7, 11) is 1.81. The van der Waals surface area contributed by atoms with Crippen molar-refractivity contribution in [2.75, 3.05) is 7.05 Å². The summed E-state index contributed by atoms with van der Waals surface area (Å²) >= 11 is 12.2. The number of nitrogens with one attached hydrogen (secondary N) is 1. The van der Waals surface area contributed by atoms with Crippen LogP contribution in [0.2, 0.25) is 10.0 Å². The van der Waals surface area contributed by atoms with Crippen LogP contribution in [0.3, 0.4) is 0 Å². The summed E-state index contributed by atoms with van der Waals surface area (Å²) in [5.41, 5.74) is 2.24. The zero-order valence-electron chi connectivity index (χ0n) is 15.1. The van der Waals surface area contributed by atoms with Gasteiger partial charge < -0.3 is 5.32 Å². The Morgan fingerprint density at radius 1 is 1.10 bits per heavy atom. The molecule has 0 amide bonds. The third kappa shape index (κ3) is 2.46. The molecule has 2 aromatic carbocycles. The van der Waals surface area contributed by atoms with Crippen molar-refractivity contribution in [3.05, 3.63) is 69.1 Å². The number of fused-ring (bicyclic) bond motifs is 1. The molecule has 2 aromatic rings. The summed E-state index contributed by atoms with van der Waals surface area (Å²) in [6.45, 7) is 0. The first-order valence-corrected chi connectivity index (χ1v) is 7.34. The standard InChI is InChI=1S/C17H17Cl2N/c1-20-17-9-7-12(13-4-2-3-5-14(13)17)11-6-8-15(18)16(19)10-11/h2-6,8,10,12,17,20H,7,9H2,1H3/t12-,17-/m0/s1/i2D,3D,4D,5D. The molecular formula is C17H17Cl2N. The van der Waals surface area contributed by atoms with Crippen LogP contribution in [0.4, 0.5) is 0 Å². The number of benzene rings is 2. The summed E-state index contributed by atoms with van der Waals surface area (Å²) in [5.74, 6) is -0.124. The van der Waals surface area contributed by atoms with Crippen LogP contribution in [0.15, 0.2) is 42.4 Å². The minimum atomic E-state index is -0.194. The summed E-state index contributed by atoms with van der Waals surface area (Å²) in [5, 5.41) is 4.10. The van der Waals surface area contributed by atoms with Crippen LogP contribution in [-0.4, -0.2) is 7.05 Å². The molecular weight excluding hydrogens is 289 g/mol. The second-order valence-electron chi connectivity index (χ2n) is 4.97. The van der Waals surface area contributed by atoms with E-state index >= 15 is 0 Å². The molecule has 20 heavy (non-hydrogen) atoms. The zero-order chi connectivity index (χ0) is 17.6. The Hall–Kier alpha value is -1.02. The minimum Gasteiger partial charge on any atom is -0.313 e. The van der Waals surface area contributed by atoms with Crippen molar-refractivity contribution in [1.29, 1.82) is 0 Å². The maximum atomic E-state index is 8.37. The van der Waals surface area contributed by atoms with Gasteiger partial charge in [-0.2, -0.15) is 0 Å². The fourth-order valence-corrected chi connectivity index (χ4v) is 3.16. The van der Waals surface area contributed by atoms with Gasteiger partial charge >= 0.3 is 0 Å². The van der Waals surface area contributed by atoms with E-state index in [9.17, 15) is 0 Å². The number of hydrogen-bond donors (Lipinski definition) is 1. The molecule has 2 atom stereocenters. The highest BCUT2D eigenvalue weighted by molar-refractivity contribution is 6.42. The topological polar surface area (TPSA) is 12.0 Å². The Balaban J connectivity index is 2.25. The lowest BCUT2D eigenvalue weighted by molar-refractivity contribution is 0.471. The first-order valence-electron chi connectivity index (χ1n) is 8.59. The van der Waals surface area contributed by atoms with Crippen LogP contribution in [-0.2, 0) is 0 Å². The summed E-state index contributed by atoms with van der Waals surface area (Å²) in [4.78, 5) is 0. The van der Waals surface area contributed by atoms with Crippen LogP contribution in [0, 0.1) is 0 Å². The van der Waals surface area contributed by atoms with Crippen molar-refractivity contribution >= 4 is 23.2 Å². The predicted octanol–water partition coefficient (Wildman–Crippen LogP) is 5.18. The first kappa shape index (κ1) is 9.83. The van der Waals surface area contributed by atoms with E-state index in [1.807, 2.05) is 13.1 Å². The highest BCUT2D eigenvalue weighted by Crippen LogP contribution is 2.42. The normalized spacial score (nSPS) is 24.4. The third-order valence-electron chi connectivity index (χ3n) is 3.88. The Morgan fingerprint density at radius 3 is 2.55 bits per heavy atom.